The van der Waals surface area contributed by atoms with Gasteiger partial charge in [0.1, 0.15) is 6.04 Å². The lowest BCUT2D eigenvalue weighted by molar-refractivity contribution is -0.141. The predicted octanol–water partition coefficient (Wildman–Crippen LogP) is 1.91. The van der Waals surface area contributed by atoms with E-state index in [1.807, 2.05) is 6.92 Å². The van der Waals surface area contributed by atoms with Gasteiger partial charge in [0.2, 0.25) is 0 Å². The normalized spacial score (nSPS) is 22.5. The second kappa shape index (κ2) is 5.30. The minimum absolute atomic E-state index is 0.175. The standard InChI is InChI=1S/C12H13ClN2O3S/c1-6-15(10(5-19-6)12(17)18)11(16)7-2-3-8(13)9(14)4-7/h2-4,6,10H,5,14H2,1H3,(H,17,18). The van der Waals surface area contributed by atoms with Crippen molar-refractivity contribution >= 4 is 40.9 Å². The zero-order valence-electron chi connectivity index (χ0n) is 10.2. The van der Waals surface area contributed by atoms with Crippen molar-refractivity contribution in [3.63, 3.8) is 0 Å². The highest BCUT2D eigenvalue weighted by Crippen LogP contribution is 2.31. The molecule has 1 heterocycles. The molecule has 1 aromatic rings. The van der Waals surface area contributed by atoms with Gasteiger partial charge in [-0.3, -0.25) is 4.79 Å². The number of carboxylic acid groups (broad SMARTS) is 1. The Labute approximate surface area is 119 Å². The van der Waals surface area contributed by atoms with Gasteiger partial charge in [0.05, 0.1) is 16.1 Å². The monoisotopic (exact) mass is 300 g/mol. The summed E-state index contributed by atoms with van der Waals surface area (Å²) in [7, 11) is 0. The van der Waals surface area contributed by atoms with Crippen LogP contribution in [-0.4, -0.2) is 39.1 Å². The largest absolute Gasteiger partial charge is 0.480 e. The van der Waals surface area contributed by atoms with Crippen LogP contribution in [0.5, 0.6) is 0 Å². The zero-order valence-corrected chi connectivity index (χ0v) is 11.7. The number of nitrogens with zero attached hydrogens (tertiary/aromatic N) is 1. The molecule has 2 rings (SSSR count). The van der Waals surface area contributed by atoms with E-state index in [1.165, 1.54) is 28.8 Å². The molecule has 5 nitrogen and oxygen atoms in total. The lowest BCUT2D eigenvalue weighted by Crippen LogP contribution is -2.44. The summed E-state index contributed by atoms with van der Waals surface area (Å²) >= 11 is 7.24. The zero-order chi connectivity index (χ0) is 14.2. The summed E-state index contributed by atoms with van der Waals surface area (Å²) in [5.74, 6) is -0.939. The van der Waals surface area contributed by atoms with Gasteiger partial charge >= 0.3 is 5.97 Å². The highest BCUT2D eigenvalue weighted by atomic mass is 35.5. The fourth-order valence-corrected chi connectivity index (χ4v) is 3.25. The summed E-state index contributed by atoms with van der Waals surface area (Å²) in [6, 6.07) is 3.76. The number of hydrogen-bond acceptors (Lipinski definition) is 4. The van der Waals surface area contributed by atoms with Crippen LogP contribution in [0.3, 0.4) is 0 Å². The van der Waals surface area contributed by atoms with Gasteiger partial charge in [-0.2, -0.15) is 0 Å². The summed E-state index contributed by atoms with van der Waals surface area (Å²) in [4.78, 5) is 24.9. The first-order valence-electron chi connectivity index (χ1n) is 5.64. The van der Waals surface area contributed by atoms with Crippen LogP contribution < -0.4 is 5.73 Å². The summed E-state index contributed by atoms with van der Waals surface area (Å²) in [6.07, 6.45) is 0. The van der Waals surface area contributed by atoms with Gasteiger partial charge in [0.15, 0.2) is 0 Å². The molecule has 7 heteroatoms. The first-order valence-corrected chi connectivity index (χ1v) is 7.06. The fraction of sp³-hybridized carbons (Fsp3) is 0.333. The first kappa shape index (κ1) is 14.0. The summed E-state index contributed by atoms with van der Waals surface area (Å²) in [5, 5.41) is 9.34. The molecule has 2 unspecified atom stereocenters. The Morgan fingerprint density at radius 1 is 1.53 bits per heavy atom. The third-order valence-corrected chi connectivity index (χ3v) is 4.55. The highest BCUT2D eigenvalue weighted by molar-refractivity contribution is 8.00. The highest BCUT2D eigenvalue weighted by Gasteiger charge is 2.39. The molecule has 19 heavy (non-hydrogen) atoms. The Balaban J connectivity index is 2.31. The van der Waals surface area contributed by atoms with E-state index < -0.39 is 12.0 Å². The van der Waals surface area contributed by atoms with Gasteiger partial charge in [0, 0.05) is 11.3 Å². The molecule has 0 aliphatic carbocycles. The molecular weight excluding hydrogens is 288 g/mol. The molecule has 0 radical (unpaired) electrons. The number of rotatable bonds is 2. The molecule has 1 aliphatic heterocycles. The number of nitrogens with two attached hydrogens (primary N) is 1. The molecule has 0 spiro atoms. The maximum absolute atomic E-state index is 12.4. The van der Waals surface area contributed by atoms with Crippen LogP contribution in [-0.2, 0) is 4.79 Å². The SMILES string of the molecule is CC1SCC(C(=O)O)N1C(=O)c1ccc(Cl)c(N)c1. The summed E-state index contributed by atoms with van der Waals surface area (Å²) in [6.45, 7) is 1.81. The van der Waals surface area contributed by atoms with E-state index in [0.29, 0.717) is 22.0 Å². The van der Waals surface area contributed by atoms with Crippen molar-refractivity contribution in [3.8, 4) is 0 Å². The number of halogens is 1. The van der Waals surface area contributed by atoms with E-state index in [0.717, 1.165) is 0 Å². The number of aliphatic carboxylic acids is 1. The maximum Gasteiger partial charge on any atom is 0.327 e. The van der Waals surface area contributed by atoms with E-state index in [-0.39, 0.29) is 11.3 Å². The van der Waals surface area contributed by atoms with Crippen molar-refractivity contribution in [2.75, 3.05) is 11.5 Å². The Kier molecular flexibility index (Phi) is 3.91. The number of nitrogen functional groups attached to an aromatic ring is 1. The second-order valence-electron chi connectivity index (χ2n) is 4.24. The number of benzene rings is 1. The van der Waals surface area contributed by atoms with Crippen LogP contribution in [0.4, 0.5) is 5.69 Å². The molecule has 0 aromatic heterocycles. The Bertz CT molecular complexity index is 538. The average Bonchev–Trinajstić information content (AvgIpc) is 2.74. The van der Waals surface area contributed by atoms with Gasteiger partial charge in [-0.15, -0.1) is 11.8 Å². The van der Waals surface area contributed by atoms with Gasteiger partial charge in [-0.05, 0) is 25.1 Å². The van der Waals surface area contributed by atoms with E-state index in [1.54, 1.807) is 6.07 Å². The smallest absolute Gasteiger partial charge is 0.327 e. The van der Waals surface area contributed by atoms with Crippen LogP contribution in [0, 0.1) is 0 Å². The molecule has 1 amide bonds. The lowest BCUT2D eigenvalue weighted by Gasteiger charge is -2.25. The van der Waals surface area contributed by atoms with Gasteiger partial charge in [-0.25, -0.2) is 4.79 Å². The molecule has 2 atom stereocenters. The predicted molar refractivity (Wildman–Crippen MR) is 75.4 cm³/mol. The Morgan fingerprint density at radius 3 is 2.79 bits per heavy atom. The molecule has 0 saturated carbocycles. The number of hydrogen-bond donors (Lipinski definition) is 2. The van der Waals surface area contributed by atoms with E-state index in [9.17, 15) is 9.59 Å². The van der Waals surface area contributed by atoms with Crippen LogP contribution in [0.15, 0.2) is 18.2 Å². The summed E-state index contributed by atoms with van der Waals surface area (Å²) < 4.78 is 0. The molecular formula is C12H13ClN2O3S. The Hall–Kier alpha value is -1.40. The van der Waals surface area contributed by atoms with E-state index in [2.05, 4.69) is 0 Å². The molecule has 1 fully saturated rings. The molecule has 1 aliphatic rings. The van der Waals surface area contributed by atoms with E-state index in [4.69, 9.17) is 22.4 Å². The van der Waals surface area contributed by atoms with Crippen molar-refractivity contribution < 1.29 is 14.7 Å². The van der Waals surface area contributed by atoms with Crippen molar-refractivity contribution in [2.24, 2.45) is 0 Å². The lowest BCUT2D eigenvalue weighted by atomic mass is 10.1. The van der Waals surface area contributed by atoms with Crippen molar-refractivity contribution in [3.05, 3.63) is 28.8 Å². The van der Waals surface area contributed by atoms with Crippen LogP contribution >= 0.6 is 23.4 Å². The average molecular weight is 301 g/mol. The fourth-order valence-electron chi connectivity index (χ4n) is 1.97. The number of amides is 1. The number of carbonyl (C=O) groups excluding carboxylic acids is 1. The second-order valence-corrected chi connectivity index (χ2v) is 5.99. The van der Waals surface area contributed by atoms with Crippen molar-refractivity contribution in [2.45, 2.75) is 18.3 Å². The number of thioether (sulfide) groups is 1. The van der Waals surface area contributed by atoms with E-state index >= 15 is 0 Å². The van der Waals surface area contributed by atoms with Crippen molar-refractivity contribution in [1.82, 2.24) is 4.90 Å². The molecule has 3 N–H and O–H groups in total. The van der Waals surface area contributed by atoms with Gasteiger partial charge in [-0.1, -0.05) is 11.6 Å². The van der Waals surface area contributed by atoms with Crippen LogP contribution in [0.2, 0.25) is 5.02 Å². The Morgan fingerprint density at radius 2 is 2.21 bits per heavy atom. The van der Waals surface area contributed by atoms with Crippen LogP contribution in [0.1, 0.15) is 17.3 Å². The quantitative estimate of drug-likeness (QED) is 0.815. The number of carboxylic acids is 1. The van der Waals surface area contributed by atoms with Gasteiger partial charge < -0.3 is 15.7 Å². The minimum atomic E-state index is -0.993. The van der Waals surface area contributed by atoms with Crippen LogP contribution in [0.25, 0.3) is 0 Å². The molecule has 1 saturated heterocycles. The third kappa shape index (κ3) is 2.64. The molecule has 0 bridgehead atoms. The minimum Gasteiger partial charge on any atom is -0.480 e. The topological polar surface area (TPSA) is 83.6 Å². The number of anilines is 1. The summed E-state index contributed by atoms with van der Waals surface area (Å²) in [5.41, 5.74) is 6.32. The first-order chi connectivity index (χ1) is 8.91. The molecule has 1 aromatic carbocycles. The van der Waals surface area contributed by atoms with Crippen molar-refractivity contribution in [1.29, 1.82) is 0 Å². The third-order valence-electron chi connectivity index (χ3n) is 2.99. The van der Waals surface area contributed by atoms with Gasteiger partial charge in [0.25, 0.3) is 5.91 Å². The number of carbonyl (C=O) groups is 2. The molecule has 102 valence electrons. The maximum atomic E-state index is 12.4.